The molecule has 0 fully saturated rings. The Bertz CT molecular complexity index is 283. The van der Waals surface area contributed by atoms with Crippen molar-refractivity contribution >= 4 is 11.9 Å². The van der Waals surface area contributed by atoms with Crippen LogP contribution in [0.2, 0.25) is 0 Å². The summed E-state index contributed by atoms with van der Waals surface area (Å²) in [5.41, 5.74) is -0.362. The van der Waals surface area contributed by atoms with E-state index in [1.165, 1.54) is 0 Å². The number of methoxy groups -OCH3 is 1. The Labute approximate surface area is 109 Å². The number of aliphatic carboxylic acids is 1. The molecule has 0 saturated carbocycles. The van der Waals surface area contributed by atoms with Crippen molar-refractivity contribution < 1.29 is 19.4 Å². The molecule has 0 spiro atoms. The molecule has 5 nitrogen and oxygen atoms in total. The van der Waals surface area contributed by atoms with E-state index in [1.807, 2.05) is 27.7 Å². The first-order valence-corrected chi connectivity index (χ1v) is 6.19. The predicted octanol–water partition coefficient (Wildman–Crippen LogP) is 1.76. The van der Waals surface area contributed by atoms with Crippen molar-refractivity contribution in [3.05, 3.63) is 0 Å². The van der Waals surface area contributed by atoms with Gasteiger partial charge in [0.25, 0.3) is 0 Å². The van der Waals surface area contributed by atoms with Crippen molar-refractivity contribution in [1.82, 2.24) is 4.90 Å². The summed E-state index contributed by atoms with van der Waals surface area (Å²) in [5.74, 6) is -0.771. The molecule has 1 N–H and O–H groups in total. The molecule has 18 heavy (non-hydrogen) atoms. The fourth-order valence-corrected chi connectivity index (χ4v) is 1.79. The van der Waals surface area contributed by atoms with E-state index in [2.05, 4.69) is 0 Å². The molecule has 0 aromatic carbocycles. The lowest BCUT2D eigenvalue weighted by atomic mass is 10.0. The van der Waals surface area contributed by atoms with Gasteiger partial charge in [-0.2, -0.15) is 0 Å². The van der Waals surface area contributed by atoms with E-state index in [-0.39, 0.29) is 30.3 Å². The lowest BCUT2D eigenvalue weighted by Crippen LogP contribution is -2.47. The average Bonchev–Trinajstić information content (AvgIpc) is 2.14. The minimum absolute atomic E-state index is 0.0201. The molecule has 0 bridgehead atoms. The quantitative estimate of drug-likeness (QED) is 0.756. The number of hydrogen-bond donors (Lipinski definition) is 1. The van der Waals surface area contributed by atoms with Crippen LogP contribution >= 0.6 is 0 Å². The number of carbonyl (C=O) groups is 2. The summed E-state index contributed by atoms with van der Waals surface area (Å²) >= 11 is 0. The lowest BCUT2D eigenvalue weighted by molar-refractivity contribution is -0.141. The molecule has 0 radical (unpaired) electrons. The first kappa shape index (κ1) is 16.9. The number of carbonyl (C=O) groups excluding carboxylic acids is 1. The SMILES string of the molecule is COCC(C)CC(=O)N(CCC(=O)O)C(C)(C)C. The Kier molecular flexibility index (Phi) is 6.91. The molecule has 1 unspecified atom stereocenters. The summed E-state index contributed by atoms with van der Waals surface area (Å²) in [6.45, 7) is 8.45. The average molecular weight is 259 g/mol. The molecule has 0 aromatic heterocycles. The highest BCUT2D eigenvalue weighted by Gasteiger charge is 2.27. The van der Waals surface area contributed by atoms with Gasteiger partial charge in [0.2, 0.25) is 5.91 Å². The van der Waals surface area contributed by atoms with Crippen molar-refractivity contribution in [1.29, 1.82) is 0 Å². The highest BCUT2D eigenvalue weighted by Crippen LogP contribution is 2.17. The highest BCUT2D eigenvalue weighted by molar-refractivity contribution is 5.78. The van der Waals surface area contributed by atoms with E-state index < -0.39 is 5.97 Å². The molecular weight excluding hydrogens is 234 g/mol. The number of ether oxygens (including phenoxy) is 1. The third-order valence-electron chi connectivity index (χ3n) is 2.63. The van der Waals surface area contributed by atoms with Crippen LogP contribution in [0.25, 0.3) is 0 Å². The molecule has 1 atom stereocenters. The van der Waals surface area contributed by atoms with E-state index in [0.717, 1.165) is 0 Å². The normalized spacial score (nSPS) is 13.2. The Morgan fingerprint density at radius 1 is 1.33 bits per heavy atom. The summed E-state index contributed by atoms with van der Waals surface area (Å²) in [5, 5.41) is 8.72. The zero-order valence-electron chi connectivity index (χ0n) is 12.0. The molecule has 5 heteroatoms. The molecule has 0 aromatic rings. The van der Waals surface area contributed by atoms with Crippen LogP contribution in [0.1, 0.15) is 40.5 Å². The van der Waals surface area contributed by atoms with Crippen LogP contribution in [0.15, 0.2) is 0 Å². The number of carboxylic acid groups (broad SMARTS) is 1. The van der Waals surface area contributed by atoms with Gasteiger partial charge in [-0.25, -0.2) is 0 Å². The van der Waals surface area contributed by atoms with Crippen molar-refractivity contribution in [3.8, 4) is 0 Å². The van der Waals surface area contributed by atoms with Gasteiger partial charge in [-0.1, -0.05) is 6.92 Å². The minimum Gasteiger partial charge on any atom is -0.481 e. The van der Waals surface area contributed by atoms with Crippen molar-refractivity contribution in [2.75, 3.05) is 20.3 Å². The molecular formula is C13H25NO4. The second-order valence-corrected chi connectivity index (χ2v) is 5.62. The van der Waals surface area contributed by atoms with Crippen LogP contribution in [-0.2, 0) is 14.3 Å². The molecule has 106 valence electrons. The predicted molar refractivity (Wildman–Crippen MR) is 69.4 cm³/mol. The van der Waals surface area contributed by atoms with Gasteiger partial charge in [-0.15, -0.1) is 0 Å². The summed E-state index contributed by atoms with van der Waals surface area (Å²) in [4.78, 5) is 24.4. The largest absolute Gasteiger partial charge is 0.481 e. The summed E-state index contributed by atoms with van der Waals surface area (Å²) in [6, 6.07) is 0. The zero-order valence-corrected chi connectivity index (χ0v) is 12.0. The zero-order chi connectivity index (χ0) is 14.3. The van der Waals surface area contributed by atoms with Gasteiger partial charge in [0.1, 0.15) is 0 Å². The Balaban J connectivity index is 4.55. The number of carboxylic acids is 1. The van der Waals surface area contributed by atoms with Crippen LogP contribution < -0.4 is 0 Å². The van der Waals surface area contributed by atoms with Gasteiger partial charge in [0, 0.05) is 32.2 Å². The van der Waals surface area contributed by atoms with E-state index in [4.69, 9.17) is 9.84 Å². The van der Waals surface area contributed by atoms with Crippen LogP contribution in [0.3, 0.4) is 0 Å². The van der Waals surface area contributed by atoms with Crippen molar-refractivity contribution in [2.24, 2.45) is 5.92 Å². The second kappa shape index (κ2) is 7.36. The number of rotatable bonds is 7. The topological polar surface area (TPSA) is 66.8 Å². The third-order valence-corrected chi connectivity index (χ3v) is 2.63. The Morgan fingerprint density at radius 3 is 2.28 bits per heavy atom. The van der Waals surface area contributed by atoms with Gasteiger partial charge in [-0.05, 0) is 26.7 Å². The molecule has 1 amide bonds. The number of amides is 1. The van der Waals surface area contributed by atoms with Gasteiger partial charge < -0.3 is 14.7 Å². The number of hydrogen-bond acceptors (Lipinski definition) is 3. The lowest BCUT2D eigenvalue weighted by Gasteiger charge is -2.36. The standard InChI is InChI=1S/C13H25NO4/c1-10(9-18-5)8-11(15)14(13(2,3)4)7-6-12(16)17/h10H,6-9H2,1-5H3,(H,16,17). The Morgan fingerprint density at radius 2 is 1.89 bits per heavy atom. The van der Waals surface area contributed by atoms with Crippen LogP contribution in [0.5, 0.6) is 0 Å². The van der Waals surface area contributed by atoms with E-state index in [1.54, 1.807) is 12.0 Å². The summed E-state index contributed by atoms with van der Waals surface area (Å²) < 4.78 is 5.00. The van der Waals surface area contributed by atoms with Crippen molar-refractivity contribution in [2.45, 2.75) is 46.1 Å². The van der Waals surface area contributed by atoms with Crippen LogP contribution in [0, 0.1) is 5.92 Å². The van der Waals surface area contributed by atoms with Gasteiger partial charge in [0.15, 0.2) is 0 Å². The summed E-state index contributed by atoms with van der Waals surface area (Å²) in [7, 11) is 1.60. The fraction of sp³-hybridized carbons (Fsp3) is 0.846. The molecule has 0 rings (SSSR count). The third kappa shape index (κ3) is 6.59. The maximum Gasteiger partial charge on any atom is 0.305 e. The Hall–Kier alpha value is -1.10. The minimum atomic E-state index is -0.887. The first-order valence-electron chi connectivity index (χ1n) is 6.19. The van der Waals surface area contributed by atoms with Gasteiger partial charge >= 0.3 is 5.97 Å². The maximum atomic E-state index is 12.2. The molecule has 0 aliphatic rings. The fourth-order valence-electron chi connectivity index (χ4n) is 1.79. The second-order valence-electron chi connectivity index (χ2n) is 5.62. The monoisotopic (exact) mass is 259 g/mol. The molecule has 0 saturated heterocycles. The van der Waals surface area contributed by atoms with E-state index in [9.17, 15) is 9.59 Å². The van der Waals surface area contributed by atoms with Gasteiger partial charge in [-0.3, -0.25) is 9.59 Å². The molecule has 0 aliphatic heterocycles. The number of nitrogens with zero attached hydrogens (tertiary/aromatic N) is 1. The highest BCUT2D eigenvalue weighted by atomic mass is 16.5. The summed E-state index contributed by atoms with van der Waals surface area (Å²) in [6.07, 6.45) is 0.354. The van der Waals surface area contributed by atoms with Gasteiger partial charge in [0.05, 0.1) is 6.42 Å². The van der Waals surface area contributed by atoms with Crippen molar-refractivity contribution in [3.63, 3.8) is 0 Å². The van der Waals surface area contributed by atoms with Crippen LogP contribution in [0.4, 0.5) is 0 Å². The maximum absolute atomic E-state index is 12.2. The van der Waals surface area contributed by atoms with E-state index >= 15 is 0 Å². The molecule has 0 aliphatic carbocycles. The molecule has 0 heterocycles. The van der Waals surface area contributed by atoms with Crippen LogP contribution in [-0.4, -0.2) is 47.7 Å². The van der Waals surface area contributed by atoms with E-state index in [0.29, 0.717) is 13.0 Å². The first-order chi connectivity index (χ1) is 8.18. The smallest absolute Gasteiger partial charge is 0.305 e.